The average Bonchev–Trinajstić information content (AvgIpc) is 3.27. The second-order valence-electron chi connectivity index (χ2n) is 7.12. The lowest BCUT2D eigenvalue weighted by atomic mass is 10.2. The summed E-state index contributed by atoms with van der Waals surface area (Å²) < 4.78 is 12.1. The Bertz CT molecular complexity index is 1410. The lowest BCUT2D eigenvalue weighted by molar-refractivity contribution is -0.113. The zero-order valence-corrected chi connectivity index (χ0v) is 21.7. The van der Waals surface area contributed by atoms with E-state index in [0.717, 1.165) is 14.6 Å². The van der Waals surface area contributed by atoms with Crippen molar-refractivity contribution in [1.82, 2.24) is 4.98 Å². The van der Waals surface area contributed by atoms with Crippen molar-refractivity contribution >= 4 is 79.7 Å². The van der Waals surface area contributed by atoms with Gasteiger partial charge in [0, 0.05) is 11.3 Å². The fourth-order valence-corrected chi connectivity index (χ4v) is 5.39. The summed E-state index contributed by atoms with van der Waals surface area (Å²) in [6.45, 7) is 0. The largest absolute Gasteiger partial charge is 0.493 e. The molecule has 180 valence electrons. The molecule has 0 bridgehead atoms. The van der Waals surface area contributed by atoms with Crippen molar-refractivity contribution in [2.24, 2.45) is 0 Å². The molecule has 0 atom stereocenters. The Labute approximate surface area is 219 Å². The minimum atomic E-state index is -0.277. The predicted molar refractivity (Wildman–Crippen MR) is 143 cm³/mol. The lowest BCUT2D eigenvalue weighted by Crippen LogP contribution is -2.14. The second kappa shape index (κ2) is 11.2. The number of ether oxygens (including phenoxy) is 2. The van der Waals surface area contributed by atoms with Gasteiger partial charge in [-0.2, -0.15) is 0 Å². The number of anilines is 2. The number of aromatic nitrogens is 1. The number of carbonyl (C=O) groups excluding carboxylic acids is 2. The number of methoxy groups -OCH3 is 2. The summed E-state index contributed by atoms with van der Waals surface area (Å²) in [4.78, 5) is 29.6. The minimum Gasteiger partial charge on any atom is -0.493 e. The van der Waals surface area contributed by atoms with Gasteiger partial charge >= 0.3 is 0 Å². The van der Waals surface area contributed by atoms with E-state index in [9.17, 15) is 9.59 Å². The van der Waals surface area contributed by atoms with E-state index in [0.29, 0.717) is 38.5 Å². The van der Waals surface area contributed by atoms with Crippen molar-refractivity contribution < 1.29 is 19.1 Å². The van der Waals surface area contributed by atoms with Crippen molar-refractivity contribution in [3.63, 3.8) is 0 Å². The topological polar surface area (TPSA) is 89.5 Å². The number of thiazole rings is 1. The first-order chi connectivity index (χ1) is 16.9. The van der Waals surface area contributed by atoms with Gasteiger partial charge in [0.25, 0.3) is 5.91 Å². The van der Waals surface area contributed by atoms with Crippen LogP contribution in [-0.2, 0) is 4.79 Å². The van der Waals surface area contributed by atoms with E-state index in [2.05, 4.69) is 15.6 Å². The van der Waals surface area contributed by atoms with Crippen LogP contribution in [0.1, 0.15) is 10.4 Å². The molecule has 1 aromatic heterocycles. The summed E-state index contributed by atoms with van der Waals surface area (Å²) in [7, 11) is 3.05. The summed E-state index contributed by atoms with van der Waals surface area (Å²) in [5, 5.41) is 6.31. The number of fused-ring (bicyclic) bond motifs is 1. The Hall–Kier alpha value is -2.98. The number of nitrogens with one attached hydrogen (secondary N) is 2. The lowest BCUT2D eigenvalue weighted by Gasteiger charge is -2.10. The Morgan fingerprint density at radius 1 is 1.00 bits per heavy atom. The summed E-state index contributed by atoms with van der Waals surface area (Å²) in [5.41, 5.74) is 2.31. The highest BCUT2D eigenvalue weighted by atomic mass is 35.5. The number of benzene rings is 3. The molecule has 1 heterocycles. The first-order valence-corrected chi connectivity index (χ1v) is 12.7. The Morgan fingerprint density at radius 2 is 1.80 bits per heavy atom. The van der Waals surface area contributed by atoms with Gasteiger partial charge in [-0.25, -0.2) is 4.98 Å². The van der Waals surface area contributed by atoms with Gasteiger partial charge in [0.2, 0.25) is 5.91 Å². The third-order valence-corrected chi connectivity index (χ3v) is 7.80. The summed E-state index contributed by atoms with van der Waals surface area (Å²) in [5.74, 6) is 0.680. The molecule has 2 N–H and O–H groups in total. The zero-order valence-electron chi connectivity index (χ0n) is 18.6. The van der Waals surface area contributed by atoms with E-state index in [1.165, 1.54) is 37.3 Å². The molecule has 0 aliphatic heterocycles. The van der Waals surface area contributed by atoms with Crippen LogP contribution in [0.2, 0.25) is 10.0 Å². The molecule has 0 aliphatic rings. The van der Waals surface area contributed by atoms with Gasteiger partial charge in [-0.3, -0.25) is 9.59 Å². The summed E-state index contributed by atoms with van der Waals surface area (Å²) >= 11 is 14.9. The zero-order chi connectivity index (χ0) is 24.9. The van der Waals surface area contributed by atoms with Crippen LogP contribution in [0.5, 0.6) is 11.5 Å². The molecule has 4 rings (SSSR count). The van der Waals surface area contributed by atoms with Crippen LogP contribution >= 0.6 is 46.3 Å². The number of hydrogen-bond donors (Lipinski definition) is 2. The van der Waals surface area contributed by atoms with Gasteiger partial charge in [0.15, 0.2) is 15.8 Å². The number of amides is 2. The molecule has 35 heavy (non-hydrogen) atoms. The molecule has 0 saturated heterocycles. The van der Waals surface area contributed by atoms with Crippen LogP contribution in [0.3, 0.4) is 0 Å². The number of halogens is 2. The number of rotatable bonds is 8. The van der Waals surface area contributed by atoms with E-state index in [4.69, 9.17) is 32.7 Å². The molecule has 0 saturated carbocycles. The Balaban J connectivity index is 1.40. The van der Waals surface area contributed by atoms with Crippen molar-refractivity contribution in [2.45, 2.75) is 4.34 Å². The summed E-state index contributed by atoms with van der Waals surface area (Å²) in [6, 6.07) is 15.5. The molecule has 0 aliphatic carbocycles. The minimum absolute atomic E-state index is 0.158. The second-order valence-corrected chi connectivity index (χ2v) is 10.2. The van der Waals surface area contributed by atoms with Gasteiger partial charge in [-0.05, 0) is 48.5 Å². The number of thioether (sulfide) groups is 1. The molecule has 4 aromatic rings. The normalized spacial score (nSPS) is 10.7. The average molecular weight is 548 g/mol. The van der Waals surface area contributed by atoms with Crippen LogP contribution < -0.4 is 20.1 Å². The quantitative estimate of drug-likeness (QED) is 0.241. The maximum Gasteiger partial charge on any atom is 0.255 e. The first-order valence-electron chi connectivity index (χ1n) is 10.2. The van der Waals surface area contributed by atoms with Crippen LogP contribution in [0.15, 0.2) is 58.9 Å². The van der Waals surface area contributed by atoms with Crippen molar-refractivity contribution in [3.05, 3.63) is 70.2 Å². The van der Waals surface area contributed by atoms with E-state index < -0.39 is 0 Å². The van der Waals surface area contributed by atoms with Gasteiger partial charge in [-0.15, -0.1) is 11.3 Å². The molecule has 0 radical (unpaired) electrons. The van der Waals surface area contributed by atoms with Crippen LogP contribution in [0.4, 0.5) is 11.4 Å². The maximum atomic E-state index is 12.7. The third-order valence-electron chi connectivity index (χ3n) is 4.82. The number of hydrogen-bond acceptors (Lipinski definition) is 7. The molecular formula is C24H19Cl2N3O4S2. The molecule has 3 aromatic carbocycles. The molecule has 2 amide bonds. The van der Waals surface area contributed by atoms with Crippen LogP contribution in [-0.4, -0.2) is 36.8 Å². The van der Waals surface area contributed by atoms with Gasteiger partial charge < -0.3 is 20.1 Å². The smallest absolute Gasteiger partial charge is 0.255 e. The van der Waals surface area contributed by atoms with Gasteiger partial charge in [0.1, 0.15) is 0 Å². The highest BCUT2D eigenvalue weighted by molar-refractivity contribution is 8.01. The van der Waals surface area contributed by atoms with E-state index in [-0.39, 0.29) is 17.6 Å². The first kappa shape index (κ1) is 25.1. The standard InChI is InChI=1S/C24H19Cl2N3O4S2/c1-32-18-9-6-13(10-19(18)33-2)23(31)27-14-7-8-16-20(11-14)35-24(29-16)34-12-21(30)28-17-5-3-4-15(25)22(17)26/h3-11H,12H2,1-2H3,(H,27,31)(H,28,30). The maximum absolute atomic E-state index is 12.7. The van der Waals surface area contributed by atoms with Gasteiger partial charge in [-0.1, -0.05) is 41.0 Å². The van der Waals surface area contributed by atoms with Crippen molar-refractivity contribution in [1.29, 1.82) is 0 Å². The monoisotopic (exact) mass is 547 g/mol. The summed E-state index contributed by atoms with van der Waals surface area (Å²) in [6.07, 6.45) is 0. The fraction of sp³-hybridized carbons (Fsp3) is 0.125. The molecular weight excluding hydrogens is 529 g/mol. The molecule has 7 nitrogen and oxygen atoms in total. The van der Waals surface area contributed by atoms with E-state index in [1.54, 1.807) is 42.5 Å². The highest BCUT2D eigenvalue weighted by Crippen LogP contribution is 2.33. The predicted octanol–water partition coefficient (Wildman–Crippen LogP) is 6.60. The Morgan fingerprint density at radius 3 is 2.57 bits per heavy atom. The third kappa shape index (κ3) is 5.99. The van der Waals surface area contributed by atoms with Crippen molar-refractivity contribution in [3.8, 4) is 11.5 Å². The number of carbonyl (C=O) groups is 2. The van der Waals surface area contributed by atoms with Gasteiger partial charge in [0.05, 0.1) is 45.9 Å². The molecule has 0 unspecified atom stereocenters. The molecule has 11 heteroatoms. The number of nitrogens with zero attached hydrogens (tertiary/aromatic N) is 1. The Kier molecular flexibility index (Phi) is 8.02. The van der Waals surface area contributed by atoms with E-state index in [1.807, 2.05) is 12.1 Å². The van der Waals surface area contributed by atoms with E-state index >= 15 is 0 Å². The molecule has 0 spiro atoms. The van der Waals surface area contributed by atoms with Crippen LogP contribution in [0.25, 0.3) is 10.2 Å². The SMILES string of the molecule is COc1ccc(C(=O)Nc2ccc3nc(SCC(=O)Nc4cccc(Cl)c4Cl)sc3c2)cc1OC. The fourth-order valence-electron chi connectivity index (χ4n) is 3.14. The van der Waals surface area contributed by atoms with Crippen LogP contribution in [0, 0.1) is 0 Å². The highest BCUT2D eigenvalue weighted by Gasteiger charge is 2.14. The van der Waals surface area contributed by atoms with Crippen molar-refractivity contribution in [2.75, 3.05) is 30.6 Å². The molecule has 0 fully saturated rings.